The zero-order valence-corrected chi connectivity index (χ0v) is 11.6. The molecule has 0 aromatic heterocycles. The molecule has 0 saturated heterocycles. The minimum absolute atomic E-state index is 0.969. The lowest BCUT2D eigenvalue weighted by Crippen LogP contribution is -1.89. The molecule has 3 rings (SSSR count). The standard InChI is InChI=1S/C17H18S/c1-12-4-6-16-14(9-12)11-15-10-13(3-2-8-18)5-7-17(15)16/h4-7,9-10,18H,2-3,8,11H2,1H3. The van der Waals surface area contributed by atoms with Crippen LogP contribution < -0.4 is 0 Å². The van der Waals surface area contributed by atoms with Gasteiger partial charge in [0.05, 0.1) is 0 Å². The SMILES string of the molecule is Cc1ccc2c(c1)Cc1cc(CCCS)ccc1-2. The number of hydrogen-bond donors (Lipinski definition) is 1. The molecule has 0 radical (unpaired) electrons. The fourth-order valence-electron chi connectivity index (χ4n) is 2.83. The molecule has 18 heavy (non-hydrogen) atoms. The van der Waals surface area contributed by atoms with Crippen molar-refractivity contribution in [1.82, 2.24) is 0 Å². The van der Waals surface area contributed by atoms with E-state index in [2.05, 4.69) is 56.0 Å². The minimum Gasteiger partial charge on any atom is -0.179 e. The van der Waals surface area contributed by atoms with E-state index in [-0.39, 0.29) is 0 Å². The summed E-state index contributed by atoms with van der Waals surface area (Å²) in [7, 11) is 0. The van der Waals surface area contributed by atoms with E-state index in [9.17, 15) is 0 Å². The topological polar surface area (TPSA) is 0 Å². The maximum atomic E-state index is 4.28. The third kappa shape index (κ3) is 2.08. The third-order valence-corrected chi connectivity index (χ3v) is 4.04. The first kappa shape index (κ1) is 11.9. The van der Waals surface area contributed by atoms with Gasteiger partial charge in [-0.3, -0.25) is 0 Å². The highest BCUT2D eigenvalue weighted by Gasteiger charge is 2.18. The summed E-state index contributed by atoms with van der Waals surface area (Å²) in [6, 6.07) is 13.8. The van der Waals surface area contributed by atoms with Gasteiger partial charge in [0.25, 0.3) is 0 Å². The second kappa shape index (κ2) is 4.81. The summed E-state index contributed by atoms with van der Waals surface area (Å²) in [4.78, 5) is 0. The molecule has 2 aromatic carbocycles. The Labute approximate surface area is 114 Å². The number of rotatable bonds is 3. The van der Waals surface area contributed by atoms with Gasteiger partial charge >= 0.3 is 0 Å². The van der Waals surface area contributed by atoms with Gasteiger partial charge in [-0.25, -0.2) is 0 Å². The van der Waals surface area contributed by atoms with Crippen LogP contribution >= 0.6 is 12.6 Å². The molecule has 0 atom stereocenters. The van der Waals surface area contributed by atoms with E-state index < -0.39 is 0 Å². The van der Waals surface area contributed by atoms with Gasteiger partial charge < -0.3 is 0 Å². The van der Waals surface area contributed by atoms with Crippen LogP contribution in [0, 0.1) is 6.92 Å². The van der Waals surface area contributed by atoms with Gasteiger partial charge in [-0.15, -0.1) is 0 Å². The Hall–Kier alpha value is -1.21. The average molecular weight is 254 g/mol. The number of benzene rings is 2. The largest absolute Gasteiger partial charge is 0.179 e. The Kier molecular flexibility index (Phi) is 3.17. The van der Waals surface area contributed by atoms with Crippen LogP contribution in [0.3, 0.4) is 0 Å². The van der Waals surface area contributed by atoms with E-state index in [4.69, 9.17) is 0 Å². The maximum absolute atomic E-state index is 4.28. The van der Waals surface area contributed by atoms with Gasteiger partial charge in [-0.2, -0.15) is 12.6 Å². The van der Waals surface area contributed by atoms with Crippen molar-refractivity contribution in [3.63, 3.8) is 0 Å². The molecular weight excluding hydrogens is 236 g/mol. The summed E-state index contributed by atoms with van der Waals surface area (Å²) in [6.07, 6.45) is 3.40. The van der Waals surface area contributed by atoms with Crippen LogP contribution in [0.4, 0.5) is 0 Å². The number of thiol groups is 1. The van der Waals surface area contributed by atoms with Crippen molar-refractivity contribution < 1.29 is 0 Å². The zero-order chi connectivity index (χ0) is 12.5. The fraction of sp³-hybridized carbons (Fsp3) is 0.294. The second-order valence-corrected chi connectivity index (χ2v) is 5.60. The van der Waals surface area contributed by atoms with Crippen molar-refractivity contribution in [3.8, 4) is 11.1 Å². The van der Waals surface area contributed by atoms with E-state index in [0.29, 0.717) is 0 Å². The molecule has 0 heterocycles. The Morgan fingerprint density at radius 3 is 2.50 bits per heavy atom. The Morgan fingerprint density at radius 1 is 1.00 bits per heavy atom. The van der Waals surface area contributed by atoms with Crippen LogP contribution in [0.2, 0.25) is 0 Å². The molecule has 0 N–H and O–H groups in total. The molecule has 0 amide bonds. The highest BCUT2D eigenvalue weighted by atomic mass is 32.1. The van der Waals surface area contributed by atoms with Crippen LogP contribution in [-0.4, -0.2) is 5.75 Å². The predicted octanol–water partition coefficient (Wildman–Crippen LogP) is 4.43. The molecule has 0 aliphatic heterocycles. The molecule has 92 valence electrons. The van der Waals surface area contributed by atoms with Gasteiger partial charge in [0.15, 0.2) is 0 Å². The molecular formula is C17H18S. The van der Waals surface area contributed by atoms with Crippen LogP contribution in [0.25, 0.3) is 11.1 Å². The Balaban J connectivity index is 1.96. The normalized spacial score (nSPS) is 12.3. The summed E-state index contributed by atoms with van der Waals surface area (Å²) in [5.41, 5.74) is 8.64. The highest BCUT2D eigenvalue weighted by Crippen LogP contribution is 2.37. The van der Waals surface area contributed by atoms with Gasteiger partial charge in [-0.1, -0.05) is 42.0 Å². The van der Waals surface area contributed by atoms with Gasteiger partial charge in [0, 0.05) is 0 Å². The molecule has 1 aliphatic rings. The van der Waals surface area contributed by atoms with Crippen molar-refractivity contribution in [2.45, 2.75) is 26.2 Å². The molecule has 0 bridgehead atoms. The smallest absolute Gasteiger partial charge is 0.00133 e. The fourth-order valence-corrected chi connectivity index (χ4v) is 2.99. The monoisotopic (exact) mass is 254 g/mol. The van der Waals surface area contributed by atoms with Gasteiger partial charge in [0.2, 0.25) is 0 Å². The lowest BCUT2D eigenvalue weighted by Gasteiger charge is -2.04. The van der Waals surface area contributed by atoms with Crippen molar-refractivity contribution >= 4 is 12.6 Å². The first-order valence-electron chi connectivity index (χ1n) is 6.60. The van der Waals surface area contributed by atoms with Crippen LogP contribution in [-0.2, 0) is 12.8 Å². The van der Waals surface area contributed by atoms with Crippen LogP contribution in [0.15, 0.2) is 36.4 Å². The Morgan fingerprint density at radius 2 is 1.72 bits per heavy atom. The minimum atomic E-state index is 0.969. The molecule has 0 unspecified atom stereocenters. The Bertz CT molecular complexity index is 584. The molecule has 1 heteroatoms. The quantitative estimate of drug-likeness (QED) is 0.657. The first-order valence-corrected chi connectivity index (χ1v) is 7.24. The molecule has 1 aliphatic carbocycles. The molecule has 0 saturated carbocycles. The van der Waals surface area contributed by atoms with E-state index >= 15 is 0 Å². The van der Waals surface area contributed by atoms with Crippen molar-refractivity contribution in [2.24, 2.45) is 0 Å². The van der Waals surface area contributed by atoms with E-state index in [0.717, 1.165) is 25.0 Å². The lowest BCUT2D eigenvalue weighted by atomic mass is 10.0. The third-order valence-electron chi connectivity index (χ3n) is 3.73. The zero-order valence-electron chi connectivity index (χ0n) is 10.7. The highest BCUT2D eigenvalue weighted by molar-refractivity contribution is 7.80. The number of fused-ring (bicyclic) bond motifs is 3. The van der Waals surface area contributed by atoms with Crippen molar-refractivity contribution in [2.75, 3.05) is 5.75 Å². The molecule has 2 aromatic rings. The summed E-state index contributed by atoms with van der Waals surface area (Å²) >= 11 is 4.28. The van der Waals surface area contributed by atoms with E-state index in [1.54, 1.807) is 0 Å². The van der Waals surface area contributed by atoms with Crippen LogP contribution in [0.5, 0.6) is 0 Å². The molecule has 0 fully saturated rings. The molecule has 0 nitrogen and oxygen atoms in total. The lowest BCUT2D eigenvalue weighted by molar-refractivity contribution is 0.934. The van der Waals surface area contributed by atoms with Crippen LogP contribution in [0.1, 0.15) is 28.7 Å². The first-order chi connectivity index (χ1) is 8.78. The van der Waals surface area contributed by atoms with Gasteiger partial charge in [-0.05, 0) is 59.8 Å². The number of hydrogen-bond acceptors (Lipinski definition) is 1. The predicted molar refractivity (Wildman–Crippen MR) is 81.6 cm³/mol. The average Bonchev–Trinajstić information content (AvgIpc) is 2.72. The summed E-state index contributed by atoms with van der Waals surface area (Å²) in [6.45, 7) is 2.17. The summed E-state index contributed by atoms with van der Waals surface area (Å²) in [5.74, 6) is 0.969. The van der Waals surface area contributed by atoms with Crippen molar-refractivity contribution in [1.29, 1.82) is 0 Å². The van der Waals surface area contributed by atoms with Gasteiger partial charge in [0.1, 0.15) is 0 Å². The second-order valence-electron chi connectivity index (χ2n) is 5.16. The van der Waals surface area contributed by atoms with E-state index in [1.807, 2.05) is 0 Å². The van der Waals surface area contributed by atoms with Crippen molar-refractivity contribution in [3.05, 3.63) is 58.7 Å². The molecule has 0 spiro atoms. The summed E-state index contributed by atoms with van der Waals surface area (Å²) < 4.78 is 0. The van der Waals surface area contributed by atoms with E-state index in [1.165, 1.54) is 33.4 Å². The number of aryl methyl sites for hydroxylation is 2. The summed E-state index contributed by atoms with van der Waals surface area (Å²) in [5, 5.41) is 0. The maximum Gasteiger partial charge on any atom is -0.00133 e.